The molecule has 1 aromatic carbocycles. The Bertz CT molecular complexity index is 479. The molecule has 1 unspecified atom stereocenters. The highest BCUT2D eigenvalue weighted by molar-refractivity contribution is 7.09. The first kappa shape index (κ1) is 14.2. The molecule has 0 bridgehead atoms. The molecule has 1 atom stereocenters. The van der Waals surface area contributed by atoms with Gasteiger partial charge in [0.25, 0.3) is 0 Å². The zero-order chi connectivity index (χ0) is 13.5. The van der Waals surface area contributed by atoms with Gasteiger partial charge in [0.1, 0.15) is 0 Å². The molecule has 0 radical (unpaired) electrons. The van der Waals surface area contributed by atoms with Crippen LogP contribution < -0.4 is 5.32 Å². The number of nitrogens with one attached hydrogen (secondary N) is 1. The van der Waals surface area contributed by atoms with Crippen molar-refractivity contribution in [3.05, 3.63) is 52.0 Å². The number of thiazole rings is 1. The Morgan fingerprint density at radius 1 is 1.26 bits per heavy atom. The predicted molar refractivity (Wildman–Crippen MR) is 82.6 cm³/mol. The first-order chi connectivity index (χ1) is 9.29. The summed E-state index contributed by atoms with van der Waals surface area (Å²) >= 11 is 1.74. The molecule has 0 spiro atoms. The molecule has 2 rings (SSSR count). The lowest BCUT2D eigenvalue weighted by Gasteiger charge is -2.18. The second-order valence-corrected chi connectivity index (χ2v) is 5.88. The van der Waals surface area contributed by atoms with Crippen LogP contribution in [0, 0.1) is 6.92 Å². The van der Waals surface area contributed by atoms with Crippen LogP contribution in [0.1, 0.15) is 42.1 Å². The van der Waals surface area contributed by atoms with Gasteiger partial charge in [-0.15, -0.1) is 11.3 Å². The van der Waals surface area contributed by atoms with Crippen molar-refractivity contribution in [1.29, 1.82) is 0 Å². The van der Waals surface area contributed by atoms with Crippen molar-refractivity contribution in [1.82, 2.24) is 10.3 Å². The van der Waals surface area contributed by atoms with E-state index in [9.17, 15) is 0 Å². The number of hydrogen-bond acceptors (Lipinski definition) is 3. The largest absolute Gasteiger partial charge is 0.310 e. The summed E-state index contributed by atoms with van der Waals surface area (Å²) in [6.07, 6.45) is 3.31. The molecule has 0 aliphatic carbocycles. The Morgan fingerprint density at radius 3 is 2.68 bits per heavy atom. The first-order valence-electron chi connectivity index (χ1n) is 6.99. The van der Waals surface area contributed by atoms with Gasteiger partial charge in [0, 0.05) is 11.4 Å². The average Bonchev–Trinajstić information content (AvgIpc) is 2.86. The van der Waals surface area contributed by atoms with Crippen LogP contribution in [0.3, 0.4) is 0 Å². The molecule has 1 heterocycles. The maximum absolute atomic E-state index is 4.55. The quantitative estimate of drug-likeness (QED) is 0.821. The van der Waals surface area contributed by atoms with E-state index in [0.717, 1.165) is 24.4 Å². The average molecular weight is 274 g/mol. The van der Waals surface area contributed by atoms with Crippen LogP contribution in [-0.2, 0) is 6.42 Å². The minimum atomic E-state index is 0.433. The Labute approximate surface area is 119 Å². The second-order valence-electron chi connectivity index (χ2n) is 4.81. The zero-order valence-electron chi connectivity index (χ0n) is 11.7. The van der Waals surface area contributed by atoms with E-state index in [4.69, 9.17) is 0 Å². The molecular formula is C16H22N2S. The second kappa shape index (κ2) is 7.41. The molecule has 0 saturated heterocycles. The smallest absolute Gasteiger partial charge is 0.0897 e. The number of benzene rings is 1. The van der Waals surface area contributed by atoms with Gasteiger partial charge in [0.15, 0.2) is 0 Å². The van der Waals surface area contributed by atoms with Gasteiger partial charge in [-0.3, -0.25) is 0 Å². The molecular weight excluding hydrogens is 252 g/mol. The van der Waals surface area contributed by atoms with Gasteiger partial charge in [-0.05, 0) is 38.3 Å². The summed E-state index contributed by atoms with van der Waals surface area (Å²) < 4.78 is 0. The highest BCUT2D eigenvalue weighted by Gasteiger charge is 2.11. The van der Waals surface area contributed by atoms with Gasteiger partial charge in [0.05, 0.1) is 10.7 Å². The third-order valence-corrected chi connectivity index (χ3v) is 4.02. The molecule has 0 aliphatic heterocycles. The number of aromatic nitrogens is 1. The standard InChI is InChI=1S/C16H22N2S/c1-3-11-17-16(14-7-5-4-6-8-14)10-9-15-12-19-13(2)18-15/h4-8,12,16-17H,3,9-11H2,1-2H3. The van der Waals surface area contributed by atoms with Crippen LogP contribution in [0.15, 0.2) is 35.7 Å². The summed E-state index contributed by atoms with van der Waals surface area (Å²) in [7, 11) is 0. The number of aryl methyl sites for hydroxylation is 2. The van der Waals surface area contributed by atoms with Gasteiger partial charge < -0.3 is 5.32 Å². The molecule has 0 aliphatic rings. The molecule has 1 aromatic heterocycles. The van der Waals surface area contributed by atoms with Crippen LogP contribution in [0.4, 0.5) is 0 Å². The Hall–Kier alpha value is -1.19. The van der Waals surface area contributed by atoms with Crippen LogP contribution in [0.25, 0.3) is 0 Å². The third-order valence-electron chi connectivity index (χ3n) is 3.20. The lowest BCUT2D eigenvalue weighted by molar-refractivity contribution is 0.497. The van der Waals surface area contributed by atoms with Gasteiger partial charge in [-0.2, -0.15) is 0 Å². The van der Waals surface area contributed by atoms with Crippen molar-refractivity contribution in [2.45, 2.75) is 39.2 Å². The van der Waals surface area contributed by atoms with E-state index in [2.05, 4.69) is 59.9 Å². The van der Waals surface area contributed by atoms with E-state index in [0.29, 0.717) is 6.04 Å². The maximum atomic E-state index is 4.55. The molecule has 3 heteroatoms. The third kappa shape index (κ3) is 4.44. The monoisotopic (exact) mass is 274 g/mol. The van der Waals surface area contributed by atoms with Crippen molar-refractivity contribution in [2.75, 3.05) is 6.54 Å². The van der Waals surface area contributed by atoms with E-state index in [1.54, 1.807) is 11.3 Å². The summed E-state index contributed by atoms with van der Waals surface area (Å²) in [6.45, 7) is 5.34. The van der Waals surface area contributed by atoms with Crippen molar-refractivity contribution in [3.63, 3.8) is 0 Å². The highest BCUT2D eigenvalue weighted by atomic mass is 32.1. The molecule has 0 amide bonds. The van der Waals surface area contributed by atoms with Crippen molar-refractivity contribution in [3.8, 4) is 0 Å². The summed E-state index contributed by atoms with van der Waals surface area (Å²) in [6, 6.07) is 11.2. The van der Waals surface area contributed by atoms with E-state index in [1.807, 2.05) is 0 Å². The lowest BCUT2D eigenvalue weighted by Crippen LogP contribution is -2.22. The molecule has 2 aromatic rings. The van der Waals surface area contributed by atoms with Gasteiger partial charge in [-0.25, -0.2) is 4.98 Å². The Balaban J connectivity index is 1.97. The minimum absolute atomic E-state index is 0.433. The normalized spacial score (nSPS) is 12.5. The number of nitrogens with zero attached hydrogens (tertiary/aromatic N) is 1. The van der Waals surface area contributed by atoms with Crippen LogP contribution >= 0.6 is 11.3 Å². The van der Waals surface area contributed by atoms with Crippen LogP contribution in [0.2, 0.25) is 0 Å². The first-order valence-corrected chi connectivity index (χ1v) is 7.87. The van der Waals surface area contributed by atoms with E-state index >= 15 is 0 Å². The molecule has 102 valence electrons. The molecule has 2 nitrogen and oxygen atoms in total. The predicted octanol–water partition coefficient (Wildman–Crippen LogP) is 4.13. The van der Waals surface area contributed by atoms with Gasteiger partial charge in [-0.1, -0.05) is 37.3 Å². The summed E-state index contributed by atoms with van der Waals surface area (Å²) in [5.74, 6) is 0. The van der Waals surface area contributed by atoms with Crippen molar-refractivity contribution in [2.24, 2.45) is 0 Å². The fraction of sp³-hybridized carbons (Fsp3) is 0.438. The van der Waals surface area contributed by atoms with E-state index in [-0.39, 0.29) is 0 Å². The number of rotatable bonds is 7. The Kier molecular flexibility index (Phi) is 5.55. The summed E-state index contributed by atoms with van der Waals surface area (Å²) in [5, 5.41) is 6.98. The Morgan fingerprint density at radius 2 is 2.05 bits per heavy atom. The molecule has 19 heavy (non-hydrogen) atoms. The van der Waals surface area contributed by atoms with Gasteiger partial charge >= 0.3 is 0 Å². The van der Waals surface area contributed by atoms with Crippen LogP contribution in [0.5, 0.6) is 0 Å². The highest BCUT2D eigenvalue weighted by Crippen LogP contribution is 2.20. The van der Waals surface area contributed by atoms with E-state index in [1.165, 1.54) is 17.7 Å². The van der Waals surface area contributed by atoms with E-state index < -0.39 is 0 Å². The SMILES string of the molecule is CCCNC(CCc1csc(C)n1)c1ccccc1. The lowest BCUT2D eigenvalue weighted by atomic mass is 10.0. The maximum Gasteiger partial charge on any atom is 0.0897 e. The topological polar surface area (TPSA) is 24.9 Å². The number of hydrogen-bond donors (Lipinski definition) is 1. The summed E-state index contributed by atoms with van der Waals surface area (Å²) in [4.78, 5) is 4.55. The summed E-state index contributed by atoms with van der Waals surface area (Å²) in [5.41, 5.74) is 2.60. The zero-order valence-corrected chi connectivity index (χ0v) is 12.5. The van der Waals surface area contributed by atoms with Crippen molar-refractivity contribution < 1.29 is 0 Å². The molecule has 0 fully saturated rings. The van der Waals surface area contributed by atoms with Crippen molar-refractivity contribution >= 4 is 11.3 Å². The fourth-order valence-corrected chi connectivity index (χ4v) is 2.85. The van der Waals surface area contributed by atoms with Crippen LogP contribution in [-0.4, -0.2) is 11.5 Å². The van der Waals surface area contributed by atoms with Gasteiger partial charge in [0.2, 0.25) is 0 Å². The molecule has 0 saturated carbocycles. The fourth-order valence-electron chi connectivity index (χ4n) is 2.21. The molecule has 1 N–H and O–H groups in total. The minimum Gasteiger partial charge on any atom is -0.310 e.